The molecule has 6 nitrogen and oxygen atoms in total. The summed E-state index contributed by atoms with van der Waals surface area (Å²) in [6, 6.07) is 7.36. The van der Waals surface area contributed by atoms with Crippen LogP contribution in [0.25, 0.3) is 0 Å². The third-order valence-corrected chi connectivity index (χ3v) is 4.38. The predicted octanol–water partition coefficient (Wildman–Crippen LogP) is 3.43. The maximum Gasteiger partial charge on any atom is 0.277 e. The first-order chi connectivity index (χ1) is 11.6. The number of piperidine rings is 1. The summed E-state index contributed by atoms with van der Waals surface area (Å²) in [5.74, 6) is 0.229. The molecule has 2 aromatic rings. The molecule has 1 aromatic heterocycles. The monoisotopic (exact) mass is 327 g/mol. The maximum absolute atomic E-state index is 12.4. The van der Waals surface area contributed by atoms with Gasteiger partial charge in [0, 0.05) is 24.2 Å². The number of aldehydes is 1. The van der Waals surface area contributed by atoms with Gasteiger partial charge in [-0.3, -0.25) is 9.59 Å². The van der Waals surface area contributed by atoms with Gasteiger partial charge in [-0.15, -0.1) is 0 Å². The summed E-state index contributed by atoms with van der Waals surface area (Å²) in [4.78, 5) is 25.8. The van der Waals surface area contributed by atoms with Crippen molar-refractivity contribution >= 4 is 23.6 Å². The quantitative estimate of drug-likeness (QED) is 0.871. The number of aryl methyl sites for hydroxylation is 1. The van der Waals surface area contributed by atoms with Crippen LogP contribution in [0.4, 0.5) is 11.4 Å². The van der Waals surface area contributed by atoms with Crippen LogP contribution in [0.1, 0.15) is 52.8 Å². The van der Waals surface area contributed by atoms with Crippen molar-refractivity contribution in [3.63, 3.8) is 0 Å². The molecule has 1 amide bonds. The Bertz CT molecular complexity index is 754. The highest BCUT2D eigenvalue weighted by Crippen LogP contribution is 2.32. The van der Waals surface area contributed by atoms with E-state index in [2.05, 4.69) is 22.3 Å². The minimum Gasteiger partial charge on any atom is -0.367 e. The van der Waals surface area contributed by atoms with Crippen molar-refractivity contribution in [1.82, 2.24) is 5.16 Å². The zero-order valence-corrected chi connectivity index (χ0v) is 13.9. The van der Waals surface area contributed by atoms with Crippen LogP contribution in [-0.2, 0) is 0 Å². The molecule has 0 spiro atoms. The summed E-state index contributed by atoms with van der Waals surface area (Å²) >= 11 is 0. The molecule has 2 heterocycles. The Hall–Kier alpha value is -2.63. The number of nitrogens with one attached hydrogen (secondary N) is 1. The van der Waals surface area contributed by atoms with Gasteiger partial charge < -0.3 is 14.7 Å². The first kappa shape index (κ1) is 16.2. The van der Waals surface area contributed by atoms with E-state index < -0.39 is 0 Å². The van der Waals surface area contributed by atoms with E-state index in [0.717, 1.165) is 31.4 Å². The minimum atomic E-state index is -0.346. The zero-order chi connectivity index (χ0) is 17.1. The molecule has 1 saturated heterocycles. The fourth-order valence-electron chi connectivity index (χ4n) is 3.09. The molecule has 0 aliphatic carbocycles. The van der Waals surface area contributed by atoms with E-state index >= 15 is 0 Å². The number of hydrogen-bond donors (Lipinski definition) is 1. The highest BCUT2D eigenvalue weighted by Gasteiger charge is 2.22. The van der Waals surface area contributed by atoms with Crippen LogP contribution in [0.15, 0.2) is 28.8 Å². The summed E-state index contributed by atoms with van der Waals surface area (Å²) in [6.07, 6.45) is 4.23. The second-order valence-corrected chi connectivity index (χ2v) is 6.21. The van der Waals surface area contributed by atoms with Crippen molar-refractivity contribution in [2.45, 2.75) is 39.2 Å². The first-order valence-electron chi connectivity index (χ1n) is 8.19. The summed E-state index contributed by atoms with van der Waals surface area (Å²) in [7, 11) is 0. The third-order valence-electron chi connectivity index (χ3n) is 4.38. The van der Waals surface area contributed by atoms with Gasteiger partial charge in [0.2, 0.25) is 0 Å². The Morgan fingerprint density at radius 2 is 2.21 bits per heavy atom. The minimum absolute atomic E-state index is 0.224. The van der Waals surface area contributed by atoms with Crippen molar-refractivity contribution in [1.29, 1.82) is 0 Å². The Morgan fingerprint density at radius 1 is 1.38 bits per heavy atom. The van der Waals surface area contributed by atoms with Crippen LogP contribution >= 0.6 is 0 Å². The second-order valence-electron chi connectivity index (χ2n) is 6.21. The average Bonchev–Trinajstić information content (AvgIpc) is 3.02. The van der Waals surface area contributed by atoms with E-state index in [1.165, 1.54) is 6.42 Å². The van der Waals surface area contributed by atoms with Gasteiger partial charge >= 0.3 is 0 Å². The molecule has 1 aliphatic rings. The summed E-state index contributed by atoms with van der Waals surface area (Å²) in [5.41, 5.74) is 2.30. The van der Waals surface area contributed by atoms with E-state index in [4.69, 9.17) is 4.52 Å². The SMILES string of the molecule is Cc1cc(C(=O)Nc2cc(C=O)ccc2N2CCCCC2C)no1. The van der Waals surface area contributed by atoms with E-state index in [-0.39, 0.29) is 11.6 Å². The number of rotatable bonds is 4. The number of anilines is 2. The Morgan fingerprint density at radius 3 is 2.88 bits per heavy atom. The molecule has 0 radical (unpaired) electrons. The molecule has 1 unspecified atom stereocenters. The Kier molecular flexibility index (Phi) is 4.64. The molecule has 1 fully saturated rings. The van der Waals surface area contributed by atoms with Crippen molar-refractivity contribution < 1.29 is 14.1 Å². The van der Waals surface area contributed by atoms with Gasteiger partial charge in [-0.2, -0.15) is 0 Å². The van der Waals surface area contributed by atoms with Gasteiger partial charge in [-0.05, 0) is 51.3 Å². The topological polar surface area (TPSA) is 75.4 Å². The normalized spacial score (nSPS) is 17.6. The van der Waals surface area contributed by atoms with E-state index in [0.29, 0.717) is 23.1 Å². The second kappa shape index (κ2) is 6.86. The predicted molar refractivity (Wildman–Crippen MR) is 91.7 cm³/mol. The number of nitrogens with zero attached hydrogens (tertiary/aromatic N) is 2. The molecule has 0 saturated carbocycles. The van der Waals surface area contributed by atoms with Crippen LogP contribution < -0.4 is 10.2 Å². The van der Waals surface area contributed by atoms with Crippen LogP contribution in [0.5, 0.6) is 0 Å². The highest BCUT2D eigenvalue weighted by atomic mass is 16.5. The molecular weight excluding hydrogens is 306 g/mol. The van der Waals surface area contributed by atoms with E-state index in [9.17, 15) is 9.59 Å². The number of hydrogen-bond acceptors (Lipinski definition) is 5. The lowest BCUT2D eigenvalue weighted by Crippen LogP contribution is -2.38. The molecule has 1 aliphatic heterocycles. The molecule has 126 valence electrons. The van der Waals surface area contributed by atoms with E-state index in [1.807, 2.05) is 6.07 Å². The molecule has 1 aromatic carbocycles. The Balaban J connectivity index is 1.92. The fourth-order valence-corrected chi connectivity index (χ4v) is 3.09. The molecule has 0 bridgehead atoms. The highest BCUT2D eigenvalue weighted by molar-refractivity contribution is 6.05. The van der Waals surface area contributed by atoms with Crippen LogP contribution in [0.3, 0.4) is 0 Å². The molecule has 1 atom stereocenters. The van der Waals surface area contributed by atoms with E-state index in [1.54, 1.807) is 25.1 Å². The number of carbonyl (C=O) groups is 2. The van der Waals surface area contributed by atoms with Crippen molar-refractivity contribution in [2.24, 2.45) is 0 Å². The van der Waals surface area contributed by atoms with Crippen molar-refractivity contribution in [3.05, 3.63) is 41.3 Å². The van der Waals surface area contributed by atoms with Crippen LogP contribution in [0.2, 0.25) is 0 Å². The lowest BCUT2D eigenvalue weighted by atomic mass is 10.0. The van der Waals surface area contributed by atoms with Gasteiger partial charge in [0.15, 0.2) is 5.69 Å². The standard InChI is InChI=1S/C18H21N3O3/c1-12-5-3-4-8-21(12)17-7-6-14(11-22)10-15(17)19-18(23)16-9-13(2)24-20-16/h6-7,9-12H,3-5,8H2,1-2H3,(H,19,23). The first-order valence-corrected chi connectivity index (χ1v) is 8.19. The molecule has 6 heteroatoms. The Labute approximate surface area is 140 Å². The number of benzene rings is 1. The largest absolute Gasteiger partial charge is 0.367 e. The smallest absolute Gasteiger partial charge is 0.277 e. The number of carbonyl (C=O) groups excluding carboxylic acids is 2. The molecule has 1 N–H and O–H groups in total. The molecular formula is C18H21N3O3. The van der Waals surface area contributed by atoms with Gasteiger partial charge in [0.1, 0.15) is 12.0 Å². The number of amides is 1. The summed E-state index contributed by atoms with van der Waals surface area (Å²) in [6.45, 7) is 4.85. The van der Waals surface area contributed by atoms with Gasteiger partial charge in [-0.25, -0.2) is 0 Å². The van der Waals surface area contributed by atoms with Gasteiger partial charge in [-0.1, -0.05) is 5.16 Å². The molecule has 3 rings (SSSR count). The summed E-state index contributed by atoms with van der Waals surface area (Å²) in [5, 5.41) is 6.61. The third kappa shape index (κ3) is 3.32. The molecule has 24 heavy (non-hydrogen) atoms. The maximum atomic E-state index is 12.4. The lowest BCUT2D eigenvalue weighted by Gasteiger charge is -2.36. The van der Waals surface area contributed by atoms with Crippen LogP contribution in [-0.4, -0.2) is 29.9 Å². The zero-order valence-electron chi connectivity index (χ0n) is 13.9. The lowest BCUT2D eigenvalue weighted by molar-refractivity contribution is 0.101. The van der Waals surface area contributed by atoms with Crippen molar-refractivity contribution in [3.8, 4) is 0 Å². The van der Waals surface area contributed by atoms with Crippen LogP contribution in [0, 0.1) is 6.92 Å². The van der Waals surface area contributed by atoms with Gasteiger partial charge in [0.25, 0.3) is 5.91 Å². The van der Waals surface area contributed by atoms with Crippen molar-refractivity contribution in [2.75, 3.05) is 16.8 Å². The average molecular weight is 327 g/mol. The number of aromatic nitrogens is 1. The summed E-state index contributed by atoms with van der Waals surface area (Å²) < 4.78 is 4.95. The fraction of sp³-hybridized carbons (Fsp3) is 0.389. The van der Waals surface area contributed by atoms with Gasteiger partial charge in [0.05, 0.1) is 11.4 Å².